The standard InChI is InChI=1S/C11H23N3O2/c1-3-16-13-11(15)12-6-8-14-7-4-5-10(2)9-14/h10H,3-9H2,1-2H3,(H2,12,13,15)/t10-/m0/s1. The molecule has 5 heteroatoms. The van der Waals surface area contributed by atoms with Gasteiger partial charge in [-0.3, -0.25) is 4.84 Å². The number of amides is 2. The number of likely N-dealkylation sites (tertiary alicyclic amines) is 1. The molecule has 0 aromatic carbocycles. The summed E-state index contributed by atoms with van der Waals surface area (Å²) in [6, 6.07) is -0.257. The third-order valence-corrected chi connectivity index (χ3v) is 2.76. The molecule has 0 spiro atoms. The van der Waals surface area contributed by atoms with E-state index in [9.17, 15) is 4.79 Å². The monoisotopic (exact) mass is 229 g/mol. The molecule has 1 fully saturated rings. The number of piperidine rings is 1. The second-order valence-corrected chi connectivity index (χ2v) is 4.34. The molecule has 94 valence electrons. The van der Waals surface area contributed by atoms with E-state index in [4.69, 9.17) is 4.84 Å². The molecular formula is C11H23N3O2. The van der Waals surface area contributed by atoms with Gasteiger partial charge in [0.15, 0.2) is 0 Å². The van der Waals surface area contributed by atoms with Crippen molar-refractivity contribution in [2.45, 2.75) is 26.7 Å². The topological polar surface area (TPSA) is 53.6 Å². The Morgan fingerprint density at radius 2 is 2.38 bits per heavy atom. The summed E-state index contributed by atoms with van der Waals surface area (Å²) in [5, 5.41) is 2.76. The Kier molecular flexibility index (Phi) is 6.18. The van der Waals surface area contributed by atoms with Gasteiger partial charge in [0.05, 0.1) is 6.61 Å². The average Bonchev–Trinajstić information content (AvgIpc) is 2.26. The summed E-state index contributed by atoms with van der Waals surface area (Å²) >= 11 is 0. The molecule has 1 atom stereocenters. The number of hydrogen-bond donors (Lipinski definition) is 2. The van der Waals surface area contributed by atoms with Crippen molar-refractivity contribution in [2.75, 3.05) is 32.8 Å². The lowest BCUT2D eigenvalue weighted by molar-refractivity contribution is 0.0702. The average molecular weight is 229 g/mol. The molecule has 0 saturated carbocycles. The lowest BCUT2D eigenvalue weighted by Crippen LogP contribution is -2.42. The van der Waals surface area contributed by atoms with Crippen LogP contribution >= 0.6 is 0 Å². The van der Waals surface area contributed by atoms with Crippen LogP contribution in [0.25, 0.3) is 0 Å². The molecule has 2 N–H and O–H groups in total. The highest BCUT2D eigenvalue weighted by atomic mass is 16.7. The summed E-state index contributed by atoms with van der Waals surface area (Å²) < 4.78 is 0. The highest BCUT2D eigenvalue weighted by molar-refractivity contribution is 5.72. The van der Waals surface area contributed by atoms with Gasteiger partial charge < -0.3 is 10.2 Å². The van der Waals surface area contributed by atoms with Crippen LogP contribution in [-0.2, 0) is 4.84 Å². The number of carbonyl (C=O) groups is 1. The van der Waals surface area contributed by atoms with Crippen molar-refractivity contribution in [2.24, 2.45) is 5.92 Å². The maximum Gasteiger partial charge on any atom is 0.338 e. The van der Waals surface area contributed by atoms with E-state index in [1.807, 2.05) is 6.92 Å². The maximum absolute atomic E-state index is 11.1. The largest absolute Gasteiger partial charge is 0.338 e. The second kappa shape index (κ2) is 7.46. The zero-order valence-electron chi connectivity index (χ0n) is 10.3. The van der Waals surface area contributed by atoms with Crippen LogP contribution in [0.3, 0.4) is 0 Å². The van der Waals surface area contributed by atoms with E-state index in [1.54, 1.807) is 0 Å². The highest BCUT2D eigenvalue weighted by Crippen LogP contribution is 2.14. The van der Waals surface area contributed by atoms with Gasteiger partial charge in [0.2, 0.25) is 0 Å². The Balaban J connectivity index is 2.03. The van der Waals surface area contributed by atoms with Crippen LogP contribution in [0.15, 0.2) is 0 Å². The summed E-state index contributed by atoms with van der Waals surface area (Å²) in [4.78, 5) is 18.3. The minimum atomic E-state index is -0.257. The number of rotatable bonds is 5. The molecule has 0 bridgehead atoms. The first-order valence-corrected chi connectivity index (χ1v) is 6.10. The van der Waals surface area contributed by atoms with E-state index >= 15 is 0 Å². The molecule has 5 nitrogen and oxygen atoms in total. The van der Waals surface area contributed by atoms with Crippen LogP contribution in [0, 0.1) is 5.92 Å². The minimum absolute atomic E-state index is 0.257. The van der Waals surface area contributed by atoms with Gasteiger partial charge in [-0.1, -0.05) is 6.92 Å². The Morgan fingerprint density at radius 1 is 1.56 bits per heavy atom. The molecule has 1 aliphatic rings. The Morgan fingerprint density at radius 3 is 3.06 bits per heavy atom. The van der Waals surface area contributed by atoms with Gasteiger partial charge in [0.25, 0.3) is 0 Å². The summed E-state index contributed by atoms with van der Waals surface area (Å²) in [6.45, 7) is 8.48. The molecule has 0 aliphatic carbocycles. The molecule has 0 aromatic rings. The Labute approximate surface area is 97.5 Å². The van der Waals surface area contributed by atoms with Gasteiger partial charge in [-0.2, -0.15) is 0 Å². The maximum atomic E-state index is 11.1. The molecule has 0 aromatic heterocycles. The summed E-state index contributed by atoms with van der Waals surface area (Å²) in [5.74, 6) is 0.783. The first-order valence-electron chi connectivity index (χ1n) is 6.10. The normalized spacial score (nSPS) is 21.8. The first-order chi connectivity index (χ1) is 7.72. The number of carbonyl (C=O) groups excluding carboxylic acids is 1. The predicted octanol–water partition coefficient (Wildman–Crippen LogP) is 0.969. The fourth-order valence-electron chi connectivity index (χ4n) is 1.99. The molecule has 1 saturated heterocycles. The van der Waals surface area contributed by atoms with Gasteiger partial charge in [-0.15, -0.1) is 0 Å². The fourth-order valence-corrected chi connectivity index (χ4v) is 1.99. The molecule has 16 heavy (non-hydrogen) atoms. The van der Waals surface area contributed by atoms with Gasteiger partial charge in [0.1, 0.15) is 0 Å². The van der Waals surface area contributed by atoms with Crippen LogP contribution in [0.2, 0.25) is 0 Å². The quantitative estimate of drug-likeness (QED) is 0.691. The summed E-state index contributed by atoms with van der Waals surface area (Å²) in [6.07, 6.45) is 2.60. The van der Waals surface area contributed by atoms with Gasteiger partial charge >= 0.3 is 6.03 Å². The number of nitrogens with one attached hydrogen (secondary N) is 2. The Bertz CT molecular complexity index is 211. The molecule has 1 rings (SSSR count). The van der Waals surface area contributed by atoms with E-state index in [0.717, 1.165) is 25.6 Å². The van der Waals surface area contributed by atoms with Crippen LogP contribution < -0.4 is 10.8 Å². The third kappa shape index (κ3) is 5.32. The number of urea groups is 1. The smallest absolute Gasteiger partial charge is 0.335 e. The van der Waals surface area contributed by atoms with Crippen molar-refractivity contribution in [3.8, 4) is 0 Å². The van der Waals surface area contributed by atoms with Crippen molar-refractivity contribution in [3.05, 3.63) is 0 Å². The third-order valence-electron chi connectivity index (χ3n) is 2.76. The lowest BCUT2D eigenvalue weighted by Gasteiger charge is -2.30. The van der Waals surface area contributed by atoms with Crippen LogP contribution in [0.4, 0.5) is 4.79 Å². The highest BCUT2D eigenvalue weighted by Gasteiger charge is 2.15. The molecular weight excluding hydrogens is 206 g/mol. The van der Waals surface area contributed by atoms with E-state index < -0.39 is 0 Å². The summed E-state index contributed by atoms with van der Waals surface area (Å²) in [7, 11) is 0. The molecule has 2 amide bonds. The van der Waals surface area contributed by atoms with Gasteiger partial charge in [0, 0.05) is 19.6 Å². The van der Waals surface area contributed by atoms with E-state index in [1.165, 1.54) is 12.8 Å². The number of nitrogens with zero attached hydrogens (tertiary/aromatic N) is 1. The first kappa shape index (κ1) is 13.3. The van der Waals surface area contributed by atoms with Gasteiger partial charge in [-0.25, -0.2) is 10.3 Å². The fraction of sp³-hybridized carbons (Fsp3) is 0.909. The predicted molar refractivity (Wildman–Crippen MR) is 63.0 cm³/mol. The zero-order valence-corrected chi connectivity index (χ0v) is 10.3. The van der Waals surface area contributed by atoms with Crippen molar-refractivity contribution < 1.29 is 9.63 Å². The van der Waals surface area contributed by atoms with E-state index in [2.05, 4.69) is 22.6 Å². The number of hydroxylamine groups is 1. The van der Waals surface area contributed by atoms with E-state index in [0.29, 0.717) is 13.2 Å². The van der Waals surface area contributed by atoms with Crippen molar-refractivity contribution >= 4 is 6.03 Å². The SMILES string of the molecule is CCONC(=O)NCCN1CCC[C@H](C)C1. The van der Waals surface area contributed by atoms with Crippen molar-refractivity contribution in [3.63, 3.8) is 0 Å². The van der Waals surface area contributed by atoms with Gasteiger partial charge in [-0.05, 0) is 32.2 Å². The second-order valence-electron chi connectivity index (χ2n) is 4.34. The van der Waals surface area contributed by atoms with Crippen LogP contribution in [-0.4, -0.2) is 43.7 Å². The molecule has 1 heterocycles. The van der Waals surface area contributed by atoms with E-state index in [-0.39, 0.29) is 6.03 Å². The van der Waals surface area contributed by atoms with Crippen LogP contribution in [0.1, 0.15) is 26.7 Å². The lowest BCUT2D eigenvalue weighted by atomic mass is 10.0. The molecule has 0 radical (unpaired) electrons. The Hall–Kier alpha value is -0.810. The number of hydrogen-bond acceptors (Lipinski definition) is 3. The molecule has 1 aliphatic heterocycles. The van der Waals surface area contributed by atoms with Crippen molar-refractivity contribution in [1.29, 1.82) is 0 Å². The zero-order chi connectivity index (χ0) is 11.8. The minimum Gasteiger partial charge on any atom is -0.335 e. The van der Waals surface area contributed by atoms with Crippen molar-refractivity contribution in [1.82, 2.24) is 15.7 Å². The summed E-state index contributed by atoms with van der Waals surface area (Å²) in [5.41, 5.74) is 2.31. The van der Waals surface area contributed by atoms with Crippen LogP contribution in [0.5, 0.6) is 0 Å². The molecule has 0 unspecified atom stereocenters.